The highest BCUT2D eigenvalue weighted by molar-refractivity contribution is 9.10. The SMILES string of the molecule is CCC1CN(C(=O)c2ccccc2)CCN(C(=O)C2(C)CCC(=O)N2Cc2ccccc2Br)C1. The van der Waals surface area contributed by atoms with Gasteiger partial charge in [-0.05, 0) is 49.4 Å². The number of carbonyl (C=O) groups excluding carboxylic acids is 3. The van der Waals surface area contributed by atoms with Crippen LogP contribution in [0.3, 0.4) is 0 Å². The number of rotatable bonds is 5. The van der Waals surface area contributed by atoms with Crippen LogP contribution in [0.25, 0.3) is 0 Å². The molecule has 0 spiro atoms. The normalized spacial score (nSPS) is 23.2. The van der Waals surface area contributed by atoms with Gasteiger partial charge < -0.3 is 14.7 Å². The van der Waals surface area contributed by atoms with Gasteiger partial charge in [0.25, 0.3) is 5.91 Å². The van der Waals surface area contributed by atoms with Crippen LogP contribution in [-0.2, 0) is 16.1 Å². The standard InChI is InChI=1S/C27H32BrN3O3/c1-3-20-17-29(25(33)21-9-5-4-6-10-21)15-16-30(18-20)26(34)27(2)14-13-24(32)31(27)19-22-11-7-8-12-23(22)28/h4-12,20H,3,13-19H2,1-2H3. The van der Waals surface area contributed by atoms with Gasteiger partial charge in [0.2, 0.25) is 11.8 Å². The Bertz CT molecular complexity index is 1060. The Kier molecular flexibility index (Phi) is 7.41. The Hall–Kier alpha value is -2.67. The maximum Gasteiger partial charge on any atom is 0.253 e. The van der Waals surface area contributed by atoms with Gasteiger partial charge >= 0.3 is 0 Å². The van der Waals surface area contributed by atoms with Crippen LogP contribution in [0.15, 0.2) is 59.1 Å². The Morgan fingerprint density at radius 3 is 2.35 bits per heavy atom. The van der Waals surface area contributed by atoms with Crippen molar-refractivity contribution >= 4 is 33.7 Å². The van der Waals surface area contributed by atoms with Crippen molar-refractivity contribution in [2.24, 2.45) is 5.92 Å². The van der Waals surface area contributed by atoms with Crippen molar-refractivity contribution in [3.63, 3.8) is 0 Å². The lowest BCUT2D eigenvalue weighted by molar-refractivity contribution is -0.148. The van der Waals surface area contributed by atoms with Gasteiger partial charge in [-0.2, -0.15) is 0 Å². The average Bonchev–Trinajstić information content (AvgIpc) is 3.02. The van der Waals surface area contributed by atoms with Gasteiger partial charge in [-0.3, -0.25) is 14.4 Å². The molecule has 2 fully saturated rings. The predicted molar refractivity (Wildman–Crippen MR) is 135 cm³/mol. The summed E-state index contributed by atoms with van der Waals surface area (Å²) in [5.74, 6) is 0.190. The second-order valence-corrected chi connectivity index (χ2v) is 10.3. The first kappa shape index (κ1) is 24.5. The van der Waals surface area contributed by atoms with E-state index in [4.69, 9.17) is 0 Å². The third kappa shape index (κ3) is 4.90. The zero-order chi connectivity index (χ0) is 24.3. The molecule has 2 aliphatic rings. The number of carbonyl (C=O) groups is 3. The fourth-order valence-corrected chi connectivity index (χ4v) is 5.42. The van der Waals surface area contributed by atoms with Crippen molar-refractivity contribution in [2.45, 2.75) is 45.2 Å². The van der Waals surface area contributed by atoms with Crippen molar-refractivity contribution < 1.29 is 14.4 Å². The highest BCUT2D eigenvalue weighted by atomic mass is 79.9. The molecule has 2 atom stereocenters. The summed E-state index contributed by atoms with van der Waals surface area (Å²) in [5.41, 5.74) is 0.771. The van der Waals surface area contributed by atoms with E-state index < -0.39 is 5.54 Å². The number of amides is 3. The number of hydrogen-bond donors (Lipinski definition) is 0. The van der Waals surface area contributed by atoms with Gasteiger partial charge in [0.1, 0.15) is 5.54 Å². The van der Waals surface area contributed by atoms with E-state index in [1.807, 2.05) is 71.3 Å². The van der Waals surface area contributed by atoms with Gasteiger partial charge in [-0.25, -0.2) is 0 Å². The number of likely N-dealkylation sites (tertiary alicyclic amines) is 1. The molecule has 0 aliphatic carbocycles. The Labute approximate surface area is 210 Å². The van der Waals surface area contributed by atoms with E-state index in [-0.39, 0.29) is 23.6 Å². The van der Waals surface area contributed by atoms with Crippen LogP contribution < -0.4 is 0 Å². The first-order chi connectivity index (χ1) is 16.3. The molecule has 2 aromatic rings. The molecule has 7 heteroatoms. The summed E-state index contributed by atoms with van der Waals surface area (Å²) in [5, 5.41) is 0. The molecule has 180 valence electrons. The van der Waals surface area contributed by atoms with Crippen LogP contribution in [0, 0.1) is 5.92 Å². The molecule has 2 aromatic carbocycles. The average molecular weight is 526 g/mol. The summed E-state index contributed by atoms with van der Waals surface area (Å²) in [6.07, 6.45) is 1.75. The van der Waals surface area contributed by atoms with Gasteiger partial charge in [0.05, 0.1) is 0 Å². The third-order valence-corrected chi connectivity index (χ3v) is 8.01. The quantitative estimate of drug-likeness (QED) is 0.583. The van der Waals surface area contributed by atoms with Crippen LogP contribution in [-0.4, -0.2) is 64.1 Å². The number of benzene rings is 2. The summed E-state index contributed by atoms with van der Waals surface area (Å²) >= 11 is 3.57. The highest BCUT2D eigenvalue weighted by Gasteiger charge is 2.49. The number of nitrogens with zero attached hydrogens (tertiary/aromatic N) is 3. The monoisotopic (exact) mass is 525 g/mol. The van der Waals surface area contributed by atoms with E-state index in [0.717, 1.165) is 16.5 Å². The van der Waals surface area contributed by atoms with E-state index in [1.165, 1.54) is 0 Å². The summed E-state index contributed by atoms with van der Waals surface area (Å²) in [6.45, 7) is 6.58. The Balaban J connectivity index is 1.53. The second kappa shape index (κ2) is 10.3. The lowest BCUT2D eigenvalue weighted by Gasteiger charge is -2.38. The highest BCUT2D eigenvalue weighted by Crippen LogP contribution is 2.35. The second-order valence-electron chi connectivity index (χ2n) is 9.49. The molecule has 0 saturated carbocycles. The van der Waals surface area contributed by atoms with Crippen LogP contribution in [0.5, 0.6) is 0 Å². The van der Waals surface area contributed by atoms with Crippen molar-refractivity contribution in [1.82, 2.24) is 14.7 Å². The Morgan fingerprint density at radius 1 is 1.00 bits per heavy atom. The van der Waals surface area contributed by atoms with Gasteiger partial charge in [-0.1, -0.05) is 59.3 Å². The van der Waals surface area contributed by atoms with E-state index >= 15 is 0 Å². The Morgan fingerprint density at radius 2 is 1.65 bits per heavy atom. The third-order valence-electron chi connectivity index (χ3n) is 7.24. The topological polar surface area (TPSA) is 60.9 Å². The molecule has 2 aliphatic heterocycles. The molecule has 2 heterocycles. The lowest BCUT2D eigenvalue weighted by atomic mass is 9.95. The molecule has 3 amide bonds. The van der Waals surface area contributed by atoms with Crippen molar-refractivity contribution in [1.29, 1.82) is 0 Å². The largest absolute Gasteiger partial charge is 0.339 e. The van der Waals surface area contributed by atoms with Crippen LogP contribution >= 0.6 is 15.9 Å². The van der Waals surface area contributed by atoms with Gasteiger partial charge in [0.15, 0.2) is 0 Å². The smallest absolute Gasteiger partial charge is 0.253 e. The molecule has 0 aromatic heterocycles. The summed E-state index contributed by atoms with van der Waals surface area (Å²) < 4.78 is 0.931. The molecular weight excluding hydrogens is 494 g/mol. The van der Waals surface area contributed by atoms with Crippen LogP contribution in [0.2, 0.25) is 0 Å². The fourth-order valence-electron chi connectivity index (χ4n) is 5.01. The van der Waals surface area contributed by atoms with Crippen LogP contribution in [0.1, 0.15) is 49.0 Å². The van der Waals surface area contributed by atoms with E-state index in [2.05, 4.69) is 22.9 Å². The number of hydrogen-bond acceptors (Lipinski definition) is 3. The molecule has 0 bridgehead atoms. The summed E-state index contributed by atoms with van der Waals surface area (Å²) in [7, 11) is 0. The van der Waals surface area contributed by atoms with Gasteiger partial charge in [-0.15, -0.1) is 0 Å². The zero-order valence-corrected chi connectivity index (χ0v) is 21.5. The van der Waals surface area contributed by atoms with Crippen molar-refractivity contribution in [3.8, 4) is 0 Å². The molecule has 2 saturated heterocycles. The van der Waals surface area contributed by atoms with Gasteiger partial charge in [0, 0.05) is 49.2 Å². The molecule has 4 rings (SSSR count). The maximum atomic E-state index is 13.9. The lowest BCUT2D eigenvalue weighted by Crippen LogP contribution is -2.56. The van der Waals surface area contributed by atoms with Crippen molar-refractivity contribution in [2.75, 3.05) is 26.2 Å². The minimum absolute atomic E-state index is 0.00570. The minimum atomic E-state index is -0.886. The number of halogens is 1. The molecule has 2 unspecified atom stereocenters. The predicted octanol–water partition coefficient (Wildman–Crippen LogP) is 4.34. The first-order valence-corrected chi connectivity index (χ1v) is 12.8. The molecule has 34 heavy (non-hydrogen) atoms. The fraction of sp³-hybridized carbons (Fsp3) is 0.444. The van der Waals surface area contributed by atoms with E-state index in [1.54, 1.807) is 4.90 Å². The summed E-state index contributed by atoms with van der Waals surface area (Å²) in [4.78, 5) is 45.4. The van der Waals surface area contributed by atoms with E-state index in [9.17, 15) is 14.4 Å². The van der Waals surface area contributed by atoms with Crippen LogP contribution in [0.4, 0.5) is 0 Å². The first-order valence-electron chi connectivity index (χ1n) is 12.0. The maximum absolute atomic E-state index is 13.9. The molecule has 0 radical (unpaired) electrons. The molecule has 0 N–H and O–H groups in total. The van der Waals surface area contributed by atoms with E-state index in [0.29, 0.717) is 51.1 Å². The van der Waals surface area contributed by atoms with Crippen molar-refractivity contribution in [3.05, 3.63) is 70.2 Å². The summed E-state index contributed by atoms with van der Waals surface area (Å²) in [6, 6.07) is 17.1. The zero-order valence-electron chi connectivity index (χ0n) is 19.9. The molecule has 6 nitrogen and oxygen atoms in total. The molecular formula is C27H32BrN3O3. The minimum Gasteiger partial charge on any atom is -0.339 e.